The monoisotopic (exact) mass is 364 g/mol. The maximum absolute atomic E-state index is 12.8. The second kappa shape index (κ2) is 8.94. The molecule has 0 atom stereocenters. The van der Waals surface area contributed by atoms with Crippen LogP contribution in [0.4, 0.5) is 0 Å². The number of fused-ring (bicyclic) bond motifs is 1. The van der Waals surface area contributed by atoms with Crippen LogP contribution in [-0.2, 0) is 19.6 Å². The van der Waals surface area contributed by atoms with Gasteiger partial charge in [-0.1, -0.05) is 37.3 Å². The Morgan fingerprint density at radius 2 is 1.88 bits per heavy atom. The minimum atomic E-state index is -3.73. The molecule has 0 heterocycles. The highest BCUT2D eigenvalue weighted by atomic mass is 32.2. The van der Waals surface area contributed by atoms with Gasteiger partial charge in [-0.05, 0) is 29.3 Å². The zero-order valence-electron chi connectivity index (χ0n) is 14.6. The maximum atomic E-state index is 12.8. The number of ether oxygens (including phenoxy) is 1. The first-order valence-electron chi connectivity index (χ1n) is 8.23. The Kier molecular flexibility index (Phi) is 6.92. The Balaban J connectivity index is 2.12. The lowest BCUT2D eigenvalue weighted by Gasteiger charge is -2.20. The number of carbonyl (C=O) groups excluding carboxylic acids is 1. The molecule has 0 aromatic heterocycles. The van der Waals surface area contributed by atoms with E-state index in [1.807, 2.05) is 24.3 Å². The van der Waals surface area contributed by atoms with Crippen LogP contribution >= 0.6 is 0 Å². The Bertz CT molecular complexity index is 821. The Morgan fingerprint density at radius 3 is 2.56 bits per heavy atom. The van der Waals surface area contributed by atoms with E-state index in [0.717, 1.165) is 10.8 Å². The average Bonchev–Trinajstić information content (AvgIpc) is 2.62. The van der Waals surface area contributed by atoms with Gasteiger partial charge in [0.15, 0.2) is 0 Å². The Hall–Kier alpha value is -1.96. The van der Waals surface area contributed by atoms with Gasteiger partial charge in [0, 0.05) is 26.8 Å². The molecule has 0 aliphatic rings. The first kappa shape index (κ1) is 19.4. The minimum Gasteiger partial charge on any atom is -0.385 e. The predicted octanol–water partition coefficient (Wildman–Crippen LogP) is 2.00. The van der Waals surface area contributed by atoms with E-state index in [9.17, 15) is 13.2 Å². The summed E-state index contributed by atoms with van der Waals surface area (Å²) in [6.07, 6.45) is 0.686. The van der Waals surface area contributed by atoms with E-state index in [4.69, 9.17) is 4.74 Å². The topological polar surface area (TPSA) is 75.7 Å². The first-order valence-corrected chi connectivity index (χ1v) is 9.67. The number of hydrogen-bond acceptors (Lipinski definition) is 4. The number of sulfonamides is 1. The SMILES string of the molecule is CCN(CC(=O)NCCCOC)S(=O)(=O)c1ccc2ccccc2c1. The average molecular weight is 364 g/mol. The summed E-state index contributed by atoms with van der Waals surface area (Å²) in [7, 11) is -2.13. The zero-order chi connectivity index (χ0) is 18.3. The second-order valence-corrected chi connectivity index (χ2v) is 7.57. The summed E-state index contributed by atoms with van der Waals surface area (Å²) in [4.78, 5) is 12.2. The van der Waals surface area contributed by atoms with Crippen molar-refractivity contribution < 1.29 is 17.9 Å². The summed E-state index contributed by atoms with van der Waals surface area (Å²) >= 11 is 0. The molecule has 0 fully saturated rings. The van der Waals surface area contributed by atoms with Crippen molar-refractivity contribution >= 4 is 26.7 Å². The number of likely N-dealkylation sites (N-methyl/N-ethyl adjacent to an activating group) is 1. The van der Waals surface area contributed by atoms with Crippen molar-refractivity contribution in [3.05, 3.63) is 42.5 Å². The number of methoxy groups -OCH3 is 1. The molecular formula is C18H24N2O4S. The molecule has 136 valence electrons. The van der Waals surface area contributed by atoms with Gasteiger partial charge in [0.05, 0.1) is 11.4 Å². The molecule has 0 aliphatic carbocycles. The fourth-order valence-corrected chi connectivity index (χ4v) is 3.95. The van der Waals surface area contributed by atoms with Gasteiger partial charge >= 0.3 is 0 Å². The van der Waals surface area contributed by atoms with Crippen LogP contribution in [0.25, 0.3) is 10.8 Å². The molecule has 2 rings (SSSR count). The van der Waals surface area contributed by atoms with Crippen LogP contribution in [0.5, 0.6) is 0 Å². The smallest absolute Gasteiger partial charge is 0.243 e. The molecule has 2 aromatic carbocycles. The highest BCUT2D eigenvalue weighted by Gasteiger charge is 2.25. The van der Waals surface area contributed by atoms with Gasteiger partial charge in [-0.15, -0.1) is 0 Å². The van der Waals surface area contributed by atoms with Crippen LogP contribution in [0.2, 0.25) is 0 Å². The third-order valence-corrected chi connectivity index (χ3v) is 5.80. The lowest BCUT2D eigenvalue weighted by molar-refractivity contribution is -0.121. The van der Waals surface area contributed by atoms with E-state index in [0.29, 0.717) is 19.6 Å². The van der Waals surface area contributed by atoms with E-state index in [1.165, 1.54) is 4.31 Å². The van der Waals surface area contributed by atoms with Crippen molar-refractivity contribution in [2.24, 2.45) is 0 Å². The van der Waals surface area contributed by atoms with Gasteiger partial charge in [-0.3, -0.25) is 4.79 Å². The highest BCUT2D eigenvalue weighted by Crippen LogP contribution is 2.21. The first-order chi connectivity index (χ1) is 12.0. The summed E-state index contributed by atoms with van der Waals surface area (Å²) in [5.74, 6) is -0.317. The normalized spacial score (nSPS) is 11.8. The summed E-state index contributed by atoms with van der Waals surface area (Å²) in [6, 6.07) is 12.6. The number of rotatable bonds is 9. The molecule has 7 heteroatoms. The van der Waals surface area contributed by atoms with E-state index < -0.39 is 10.0 Å². The van der Waals surface area contributed by atoms with Crippen LogP contribution in [0, 0.1) is 0 Å². The summed E-state index contributed by atoms with van der Waals surface area (Å²) < 4.78 is 31.8. The van der Waals surface area contributed by atoms with Gasteiger partial charge in [-0.2, -0.15) is 4.31 Å². The van der Waals surface area contributed by atoms with Crippen molar-refractivity contribution in [1.82, 2.24) is 9.62 Å². The van der Waals surface area contributed by atoms with Gasteiger partial charge in [0.1, 0.15) is 0 Å². The number of nitrogens with zero attached hydrogens (tertiary/aromatic N) is 1. The van der Waals surface area contributed by atoms with Crippen molar-refractivity contribution in [3.8, 4) is 0 Å². The van der Waals surface area contributed by atoms with E-state index >= 15 is 0 Å². The van der Waals surface area contributed by atoms with Crippen LogP contribution < -0.4 is 5.32 Å². The van der Waals surface area contributed by atoms with Crippen LogP contribution in [0.15, 0.2) is 47.4 Å². The molecule has 0 radical (unpaired) electrons. The molecule has 25 heavy (non-hydrogen) atoms. The molecule has 0 saturated heterocycles. The van der Waals surface area contributed by atoms with Crippen LogP contribution in [0.1, 0.15) is 13.3 Å². The quantitative estimate of drug-likeness (QED) is 0.691. The minimum absolute atomic E-state index is 0.195. The number of benzene rings is 2. The van der Waals surface area contributed by atoms with E-state index in [1.54, 1.807) is 32.2 Å². The summed E-state index contributed by atoms with van der Waals surface area (Å²) in [5.41, 5.74) is 0. The van der Waals surface area contributed by atoms with Crippen molar-refractivity contribution in [3.63, 3.8) is 0 Å². The number of amides is 1. The largest absolute Gasteiger partial charge is 0.385 e. The molecule has 1 amide bonds. The van der Waals surface area contributed by atoms with Gasteiger partial charge < -0.3 is 10.1 Å². The molecule has 6 nitrogen and oxygen atoms in total. The molecule has 0 bridgehead atoms. The number of hydrogen-bond donors (Lipinski definition) is 1. The molecule has 0 spiro atoms. The Morgan fingerprint density at radius 1 is 1.16 bits per heavy atom. The molecule has 2 aromatic rings. The van der Waals surface area contributed by atoms with E-state index in [-0.39, 0.29) is 23.9 Å². The molecule has 0 aliphatic heterocycles. The number of carbonyl (C=O) groups is 1. The van der Waals surface area contributed by atoms with Gasteiger partial charge in [0.2, 0.25) is 15.9 Å². The third kappa shape index (κ3) is 5.01. The molecular weight excluding hydrogens is 340 g/mol. The fraction of sp³-hybridized carbons (Fsp3) is 0.389. The van der Waals surface area contributed by atoms with Crippen molar-refractivity contribution in [2.45, 2.75) is 18.2 Å². The molecule has 1 N–H and O–H groups in total. The van der Waals surface area contributed by atoms with Crippen molar-refractivity contribution in [1.29, 1.82) is 0 Å². The second-order valence-electron chi connectivity index (χ2n) is 5.64. The third-order valence-electron chi connectivity index (χ3n) is 3.88. The standard InChI is InChI=1S/C18H24N2O4S/c1-3-20(14-18(21)19-11-6-12-24-2)25(22,23)17-10-9-15-7-4-5-8-16(15)13-17/h4-5,7-10,13H,3,6,11-12,14H2,1-2H3,(H,19,21). The van der Waals surface area contributed by atoms with E-state index in [2.05, 4.69) is 5.32 Å². The lowest BCUT2D eigenvalue weighted by atomic mass is 10.1. The van der Waals surface area contributed by atoms with Gasteiger partial charge in [-0.25, -0.2) is 8.42 Å². The summed E-state index contributed by atoms with van der Waals surface area (Å²) in [6.45, 7) is 2.75. The fourth-order valence-electron chi connectivity index (χ4n) is 2.50. The molecule has 0 saturated carbocycles. The summed E-state index contributed by atoms with van der Waals surface area (Å²) in [5, 5.41) is 4.53. The predicted molar refractivity (Wildman–Crippen MR) is 97.9 cm³/mol. The van der Waals surface area contributed by atoms with Gasteiger partial charge in [0.25, 0.3) is 0 Å². The van der Waals surface area contributed by atoms with Crippen LogP contribution in [-0.4, -0.2) is 52.0 Å². The lowest BCUT2D eigenvalue weighted by Crippen LogP contribution is -2.40. The molecule has 0 unspecified atom stereocenters. The Labute approximate surface area is 148 Å². The number of nitrogens with one attached hydrogen (secondary N) is 1. The zero-order valence-corrected chi connectivity index (χ0v) is 15.4. The van der Waals surface area contributed by atoms with Crippen LogP contribution in [0.3, 0.4) is 0 Å². The highest BCUT2D eigenvalue weighted by molar-refractivity contribution is 7.89. The van der Waals surface area contributed by atoms with Crippen molar-refractivity contribution in [2.75, 3.05) is 33.4 Å². The maximum Gasteiger partial charge on any atom is 0.243 e.